The van der Waals surface area contributed by atoms with E-state index in [0.717, 1.165) is 11.1 Å². The lowest BCUT2D eigenvalue weighted by Gasteiger charge is -2.15. The predicted molar refractivity (Wildman–Crippen MR) is 87.7 cm³/mol. The predicted octanol–water partition coefficient (Wildman–Crippen LogP) is 2.29. The van der Waals surface area contributed by atoms with E-state index in [1.165, 1.54) is 25.1 Å². The molecule has 0 unspecified atom stereocenters. The van der Waals surface area contributed by atoms with Crippen LogP contribution in [0.1, 0.15) is 18.1 Å². The van der Waals surface area contributed by atoms with Gasteiger partial charge in [-0.2, -0.15) is 0 Å². The third-order valence-corrected chi connectivity index (χ3v) is 3.32. The molecule has 0 aliphatic rings. The van der Waals surface area contributed by atoms with Gasteiger partial charge >= 0.3 is 0 Å². The summed E-state index contributed by atoms with van der Waals surface area (Å²) < 4.78 is 18.7. The quantitative estimate of drug-likeness (QED) is 0.827. The molecule has 24 heavy (non-hydrogen) atoms. The number of benzene rings is 2. The normalized spacial score (nSPS) is 11.5. The van der Waals surface area contributed by atoms with Crippen molar-refractivity contribution in [3.8, 4) is 5.75 Å². The molecule has 2 aromatic carbocycles. The van der Waals surface area contributed by atoms with E-state index in [4.69, 9.17) is 4.74 Å². The van der Waals surface area contributed by atoms with Gasteiger partial charge in [0.2, 0.25) is 5.91 Å². The average molecular weight is 330 g/mol. The highest BCUT2D eigenvalue weighted by molar-refractivity contribution is 5.85. The van der Waals surface area contributed by atoms with E-state index in [0.29, 0.717) is 0 Å². The Bertz CT molecular complexity index is 716. The van der Waals surface area contributed by atoms with Crippen molar-refractivity contribution in [3.05, 3.63) is 65.5 Å². The molecule has 2 N–H and O–H groups in total. The van der Waals surface area contributed by atoms with Gasteiger partial charge in [-0.15, -0.1) is 0 Å². The van der Waals surface area contributed by atoms with Gasteiger partial charge < -0.3 is 4.74 Å². The lowest BCUT2D eigenvalue weighted by atomic mass is 10.1. The molecule has 0 fully saturated rings. The van der Waals surface area contributed by atoms with Crippen molar-refractivity contribution in [2.45, 2.75) is 26.4 Å². The zero-order valence-electron chi connectivity index (χ0n) is 13.5. The highest BCUT2D eigenvalue weighted by Gasteiger charge is 2.17. The third kappa shape index (κ3) is 5.08. The van der Waals surface area contributed by atoms with Gasteiger partial charge in [0.25, 0.3) is 5.91 Å². The molecule has 5 nitrogen and oxygen atoms in total. The van der Waals surface area contributed by atoms with Gasteiger partial charge in [-0.3, -0.25) is 20.4 Å². The number of carbonyl (C=O) groups is 2. The maximum absolute atomic E-state index is 13.5. The van der Waals surface area contributed by atoms with E-state index < -0.39 is 17.8 Å². The second-order valence-electron chi connectivity index (χ2n) is 5.39. The second-order valence-corrected chi connectivity index (χ2v) is 5.39. The summed E-state index contributed by atoms with van der Waals surface area (Å²) >= 11 is 0. The number of rotatable bonds is 5. The van der Waals surface area contributed by atoms with E-state index in [9.17, 15) is 14.0 Å². The maximum atomic E-state index is 13.5. The molecular weight excluding hydrogens is 311 g/mol. The smallest absolute Gasteiger partial charge is 0.279 e. The van der Waals surface area contributed by atoms with E-state index >= 15 is 0 Å². The molecule has 2 amide bonds. The standard InChI is InChI=1S/C18H19FN2O3/c1-12-7-9-14(10-8-12)11-17(22)20-21-18(23)13(2)24-16-6-4-3-5-15(16)19/h3-10,13H,11H2,1-2H3,(H,20,22)(H,21,23)/t13-/m1/s1. The molecule has 0 saturated heterocycles. The van der Waals surface area contributed by atoms with E-state index in [2.05, 4.69) is 10.9 Å². The molecule has 2 aromatic rings. The molecule has 0 radical (unpaired) electrons. The fourth-order valence-electron chi connectivity index (χ4n) is 1.95. The van der Waals surface area contributed by atoms with Gasteiger partial charge in [-0.1, -0.05) is 42.0 Å². The molecule has 1 atom stereocenters. The molecule has 2 rings (SSSR count). The summed E-state index contributed by atoms with van der Waals surface area (Å²) in [5, 5.41) is 0. The summed E-state index contributed by atoms with van der Waals surface area (Å²) in [6.07, 6.45) is -0.815. The number of aryl methyl sites for hydroxylation is 1. The van der Waals surface area contributed by atoms with Crippen molar-refractivity contribution < 1.29 is 18.7 Å². The molecule has 126 valence electrons. The molecule has 6 heteroatoms. The van der Waals surface area contributed by atoms with Crippen LogP contribution in [0.25, 0.3) is 0 Å². The number of carbonyl (C=O) groups excluding carboxylic acids is 2. The molecule has 0 spiro atoms. The minimum atomic E-state index is -0.957. The summed E-state index contributed by atoms with van der Waals surface area (Å²) in [6.45, 7) is 3.43. The number of hydrogen-bond acceptors (Lipinski definition) is 3. The van der Waals surface area contributed by atoms with E-state index in [1.54, 1.807) is 6.07 Å². The molecule has 0 bridgehead atoms. The lowest BCUT2D eigenvalue weighted by Crippen LogP contribution is -2.47. The fourth-order valence-corrected chi connectivity index (χ4v) is 1.95. The largest absolute Gasteiger partial charge is 0.478 e. The van der Waals surface area contributed by atoms with Crippen LogP contribution >= 0.6 is 0 Å². The SMILES string of the molecule is Cc1ccc(CC(=O)NNC(=O)[C@@H](C)Oc2ccccc2F)cc1. The van der Waals surface area contributed by atoms with Gasteiger partial charge in [0.05, 0.1) is 6.42 Å². The number of hydrogen-bond donors (Lipinski definition) is 2. The van der Waals surface area contributed by atoms with Gasteiger partial charge in [0.1, 0.15) is 0 Å². The van der Waals surface area contributed by atoms with Crippen LogP contribution in [0.5, 0.6) is 5.75 Å². The Balaban J connectivity index is 1.80. The molecule has 0 heterocycles. The van der Waals surface area contributed by atoms with E-state index in [-0.39, 0.29) is 18.1 Å². The van der Waals surface area contributed by atoms with Crippen LogP contribution in [0.3, 0.4) is 0 Å². The number of hydrazine groups is 1. The Morgan fingerprint density at radius 2 is 1.75 bits per heavy atom. The topological polar surface area (TPSA) is 67.4 Å². The van der Waals surface area contributed by atoms with Crippen molar-refractivity contribution in [2.24, 2.45) is 0 Å². The Kier molecular flexibility index (Phi) is 5.89. The van der Waals surface area contributed by atoms with Gasteiger partial charge in [-0.05, 0) is 31.5 Å². The first-order valence-electron chi connectivity index (χ1n) is 7.51. The highest BCUT2D eigenvalue weighted by atomic mass is 19.1. The van der Waals surface area contributed by atoms with Crippen molar-refractivity contribution in [2.75, 3.05) is 0 Å². The van der Waals surface area contributed by atoms with Gasteiger partial charge in [-0.25, -0.2) is 4.39 Å². The summed E-state index contributed by atoms with van der Waals surface area (Å²) in [6, 6.07) is 13.3. The van der Waals surface area contributed by atoms with Crippen LogP contribution in [0.2, 0.25) is 0 Å². The van der Waals surface area contributed by atoms with Crippen molar-refractivity contribution >= 4 is 11.8 Å². The van der Waals surface area contributed by atoms with Crippen molar-refractivity contribution in [1.82, 2.24) is 10.9 Å². The Morgan fingerprint density at radius 1 is 1.08 bits per heavy atom. The zero-order chi connectivity index (χ0) is 17.5. The number of halogens is 1. The lowest BCUT2D eigenvalue weighted by molar-refractivity contribution is -0.132. The maximum Gasteiger partial charge on any atom is 0.279 e. The molecule has 0 saturated carbocycles. The minimum absolute atomic E-state index is 0.0221. The Hall–Kier alpha value is -2.89. The number of amides is 2. The zero-order valence-corrected chi connectivity index (χ0v) is 13.5. The highest BCUT2D eigenvalue weighted by Crippen LogP contribution is 2.16. The number of para-hydroxylation sites is 1. The minimum Gasteiger partial charge on any atom is -0.478 e. The molecular formula is C18H19FN2O3. The monoisotopic (exact) mass is 330 g/mol. The van der Waals surface area contributed by atoms with Crippen LogP contribution in [0.4, 0.5) is 4.39 Å². The van der Waals surface area contributed by atoms with Crippen LogP contribution < -0.4 is 15.6 Å². The third-order valence-electron chi connectivity index (χ3n) is 3.32. The van der Waals surface area contributed by atoms with Crippen molar-refractivity contribution in [3.63, 3.8) is 0 Å². The van der Waals surface area contributed by atoms with Crippen LogP contribution in [-0.2, 0) is 16.0 Å². The number of nitrogens with one attached hydrogen (secondary N) is 2. The first-order valence-corrected chi connectivity index (χ1v) is 7.51. The van der Waals surface area contributed by atoms with Crippen LogP contribution in [0, 0.1) is 12.7 Å². The molecule has 0 aliphatic heterocycles. The second kappa shape index (κ2) is 8.10. The Morgan fingerprint density at radius 3 is 2.42 bits per heavy atom. The average Bonchev–Trinajstić information content (AvgIpc) is 2.56. The van der Waals surface area contributed by atoms with Crippen LogP contribution in [0.15, 0.2) is 48.5 Å². The summed E-state index contributed by atoms with van der Waals surface area (Å²) in [4.78, 5) is 23.7. The molecule has 0 aromatic heterocycles. The summed E-state index contributed by atoms with van der Waals surface area (Å²) in [5.41, 5.74) is 6.52. The van der Waals surface area contributed by atoms with Crippen molar-refractivity contribution in [1.29, 1.82) is 0 Å². The van der Waals surface area contributed by atoms with Gasteiger partial charge in [0.15, 0.2) is 17.7 Å². The Labute approximate surface area is 139 Å². The van der Waals surface area contributed by atoms with E-state index in [1.807, 2.05) is 31.2 Å². The molecule has 0 aliphatic carbocycles. The van der Waals surface area contributed by atoms with Crippen LogP contribution in [-0.4, -0.2) is 17.9 Å². The summed E-state index contributed by atoms with van der Waals surface area (Å²) in [5.74, 6) is -1.51. The first kappa shape index (κ1) is 17.5. The van der Waals surface area contributed by atoms with Gasteiger partial charge in [0, 0.05) is 0 Å². The first-order chi connectivity index (χ1) is 11.5. The number of ether oxygens (including phenoxy) is 1. The fraction of sp³-hybridized carbons (Fsp3) is 0.222. The summed E-state index contributed by atoms with van der Waals surface area (Å²) in [7, 11) is 0.